The zero-order chi connectivity index (χ0) is 11.4. The van der Waals surface area contributed by atoms with Gasteiger partial charge in [-0.1, -0.05) is 23.2 Å². The van der Waals surface area contributed by atoms with Crippen molar-refractivity contribution in [2.45, 2.75) is 0 Å². The molecule has 6 heteroatoms. The Labute approximate surface area is 95.7 Å². The first-order chi connectivity index (χ1) is 7.11. The van der Waals surface area contributed by atoms with Crippen LogP contribution >= 0.6 is 23.2 Å². The number of esters is 1. The molecular formula is C9H6Cl2O4. The number of halogens is 2. The van der Waals surface area contributed by atoms with Crippen LogP contribution in [0.3, 0.4) is 0 Å². The monoisotopic (exact) mass is 248 g/mol. The third kappa shape index (κ3) is 2.40. The highest BCUT2D eigenvalue weighted by atomic mass is 35.5. The summed E-state index contributed by atoms with van der Waals surface area (Å²) in [6, 6.07) is 2.88. The molecule has 0 N–H and O–H groups in total. The predicted molar refractivity (Wildman–Crippen MR) is 54.5 cm³/mol. The van der Waals surface area contributed by atoms with Crippen LogP contribution in [0, 0.1) is 0 Å². The van der Waals surface area contributed by atoms with Gasteiger partial charge >= 0.3 is 12.4 Å². The summed E-state index contributed by atoms with van der Waals surface area (Å²) in [4.78, 5) is 21.3. The Morgan fingerprint density at radius 2 is 1.93 bits per heavy atom. The number of hydrogen-bond donors (Lipinski definition) is 0. The van der Waals surface area contributed by atoms with E-state index in [-0.39, 0.29) is 27.8 Å². The van der Waals surface area contributed by atoms with Crippen molar-refractivity contribution in [1.82, 2.24) is 0 Å². The van der Waals surface area contributed by atoms with E-state index in [4.69, 9.17) is 27.9 Å². The fourth-order valence-corrected chi connectivity index (χ4v) is 1.49. The number of methoxy groups -OCH3 is 1. The second-order valence-electron chi connectivity index (χ2n) is 2.44. The molecule has 0 radical (unpaired) electrons. The minimum atomic E-state index is -0.908. The van der Waals surface area contributed by atoms with Crippen LogP contribution in [0.25, 0.3) is 0 Å². The zero-order valence-corrected chi connectivity index (χ0v) is 9.13. The summed E-state index contributed by atoms with van der Waals surface area (Å²) in [6.07, 6.45) is 0. The first kappa shape index (κ1) is 11.8. The lowest BCUT2D eigenvalue weighted by molar-refractivity contribution is -0.123. The molecule has 1 rings (SSSR count). The van der Waals surface area contributed by atoms with Crippen LogP contribution in [0.15, 0.2) is 12.1 Å². The standard InChI is InChI=1S/C9H6Cl2O4/c1-14-8-6(11)3-2-5(10)7(8)9(13)15-4-12/h2-4H,1H3. The van der Waals surface area contributed by atoms with E-state index < -0.39 is 5.97 Å². The van der Waals surface area contributed by atoms with Crippen molar-refractivity contribution in [1.29, 1.82) is 0 Å². The van der Waals surface area contributed by atoms with Crippen molar-refractivity contribution >= 4 is 35.6 Å². The van der Waals surface area contributed by atoms with E-state index in [1.807, 2.05) is 0 Å². The summed E-state index contributed by atoms with van der Waals surface area (Å²) in [5.74, 6) is -0.828. The second kappa shape index (κ2) is 5.00. The number of hydrogen-bond acceptors (Lipinski definition) is 4. The van der Waals surface area contributed by atoms with Crippen molar-refractivity contribution in [3.8, 4) is 5.75 Å². The van der Waals surface area contributed by atoms with E-state index in [1.165, 1.54) is 19.2 Å². The van der Waals surface area contributed by atoms with E-state index in [9.17, 15) is 9.59 Å². The van der Waals surface area contributed by atoms with Gasteiger partial charge in [0.05, 0.1) is 17.2 Å². The van der Waals surface area contributed by atoms with Gasteiger partial charge in [0, 0.05) is 0 Å². The van der Waals surface area contributed by atoms with Crippen LogP contribution in [0.1, 0.15) is 10.4 Å². The third-order valence-corrected chi connectivity index (χ3v) is 2.23. The molecule has 0 saturated carbocycles. The molecule has 0 aliphatic carbocycles. The molecule has 0 saturated heterocycles. The van der Waals surface area contributed by atoms with E-state index in [1.54, 1.807) is 0 Å². The topological polar surface area (TPSA) is 52.6 Å². The zero-order valence-electron chi connectivity index (χ0n) is 7.62. The van der Waals surface area contributed by atoms with Gasteiger partial charge in [-0.15, -0.1) is 0 Å². The molecule has 0 spiro atoms. The summed E-state index contributed by atoms with van der Waals surface area (Å²) < 4.78 is 9.05. The molecule has 0 unspecified atom stereocenters. The number of ether oxygens (including phenoxy) is 2. The Bertz CT molecular complexity index is 403. The summed E-state index contributed by atoms with van der Waals surface area (Å²) in [6.45, 7) is 0.0129. The van der Waals surface area contributed by atoms with Gasteiger partial charge in [-0.3, -0.25) is 4.79 Å². The molecule has 4 nitrogen and oxygen atoms in total. The SMILES string of the molecule is COc1c(Cl)ccc(Cl)c1C(=O)OC=O. The lowest BCUT2D eigenvalue weighted by Gasteiger charge is -2.09. The van der Waals surface area contributed by atoms with Crippen molar-refractivity contribution in [3.05, 3.63) is 27.7 Å². The maximum Gasteiger partial charge on any atom is 0.350 e. The molecule has 0 fully saturated rings. The average Bonchev–Trinajstić information content (AvgIpc) is 2.21. The van der Waals surface area contributed by atoms with Gasteiger partial charge in [0.1, 0.15) is 5.56 Å². The lowest BCUT2D eigenvalue weighted by Crippen LogP contribution is -2.07. The van der Waals surface area contributed by atoms with E-state index in [2.05, 4.69) is 4.74 Å². The van der Waals surface area contributed by atoms with Gasteiger partial charge in [0.25, 0.3) is 0 Å². The highest BCUT2D eigenvalue weighted by Crippen LogP contribution is 2.34. The van der Waals surface area contributed by atoms with Gasteiger partial charge in [0.2, 0.25) is 0 Å². The van der Waals surface area contributed by atoms with Crippen LogP contribution in [0.5, 0.6) is 5.75 Å². The van der Waals surface area contributed by atoms with Crippen molar-refractivity contribution in [2.24, 2.45) is 0 Å². The normalized spacial score (nSPS) is 9.53. The van der Waals surface area contributed by atoms with E-state index >= 15 is 0 Å². The molecule has 0 aromatic heterocycles. The van der Waals surface area contributed by atoms with Gasteiger partial charge in [-0.2, -0.15) is 0 Å². The Balaban J connectivity index is 3.30. The minimum Gasteiger partial charge on any atom is -0.494 e. The average molecular weight is 249 g/mol. The Kier molecular flexibility index (Phi) is 3.94. The molecule has 0 aliphatic rings. The van der Waals surface area contributed by atoms with Gasteiger partial charge in [0.15, 0.2) is 5.75 Å². The molecule has 80 valence electrons. The predicted octanol–water partition coefficient (Wildman–Crippen LogP) is 2.32. The summed E-state index contributed by atoms with van der Waals surface area (Å²) in [5, 5.41) is 0.308. The Morgan fingerprint density at radius 3 is 2.47 bits per heavy atom. The van der Waals surface area contributed by atoms with Crippen LogP contribution in [-0.2, 0) is 9.53 Å². The van der Waals surface area contributed by atoms with Crippen LogP contribution < -0.4 is 4.74 Å². The molecule has 0 aliphatic heterocycles. The highest BCUT2D eigenvalue weighted by Gasteiger charge is 2.20. The number of benzene rings is 1. The molecular weight excluding hydrogens is 243 g/mol. The van der Waals surface area contributed by atoms with Crippen molar-refractivity contribution < 1.29 is 19.1 Å². The Morgan fingerprint density at radius 1 is 1.33 bits per heavy atom. The quantitative estimate of drug-likeness (QED) is 0.468. The lowest BCUT2D eigenvalue weighted by atomic mass is 10.2. The smallest absolute Gasteiger partial charge is 0.350 e. The first-order valence-electron chi connectivity index (χ1n) is 3.78. The number of rotatable bonds is 3. The van der Waals surface area contributed by atoms with Crippen LogP contribution in [-0.4, -0.2) is 19.6 Å². The molecule has 1 aromatic rings. The fourth-order valence-electron chi connectivity index (χ4n) is 1.03. The maximum absolute atomic E-state index is 11.3. The molecule has 0 amide bonds. The molecule has 0 bridgehead atoms. The summed E-state index contributed by atoms with van der Waals surface area (Å²) in [5.41, 5.74) is -0.0706. The van der Waals surface area contributed by atoms with Crippen molar-refractivity contribution in [2.75, 3.05) is 7.11 Å². The summed E-state index contributed by atoms with van der Waals surface area (Å²) in [7, 11) is 1.33. The molecule has 15 heavy (non-hydrogen) atoms. The highest BCUT2D eigenvalue weighted by molar-refractivity contribution is 6.37. The van der Waals surface area contributed by atoms with Crippen LogP contribution in [0.4, 0.5) is 0 Å². The largest absolute Gasteiger partial charge is 0.494 e. The van der Waals surface area contributed by atoms with E-state index in [0.717, 1.165) is 0 Å². The Hall–Kier alpha value is -1.26. The molecule has 1 aromatic carbocycles. The van der Waals surface area contributed by atoms with Gasteiger partial charge in [-0.05, 0) is 12.1 Å². The number of carbonyl (C=O) groups excluding carboxylic acids is 2. The minimum absolute atomic E-state index is 0.0129. The van der Waals surface area contributed by atoms with Crippen molar-refractivity contribution in [3.63, 3.8) is 0 Å². The van der Waals surface area contributed by atoms with E-state index in [0.29, 0.717) is 0 Å². The third-order valence-electron chi connectivity index (χ3n) is 1.62. The molecule has 0 heterocycles. The number of carbonyl (C=O) groups is 2. The first-order valence-corrected chi connectivity index (χ1v) is 4.54. The second-order valence-corrected chi connectivity index (χ2v) is 3.25. The fraction of sp³-hybridized carbons (Fsp3) is 0.111. The summed E-state index contributed by atoms with van der Waals surface area (Å²) >= 11 is 11.5. The van der Waals surface area contributed by atoms with Crippen LogP contribution in [0.2, 0.25) is 10.0 Å². The molecule has 0 atom stereocenters. The van der Waals surface area contributed by atoms with Gasteiger partial charge < -0.3 is 9.47 Å². The van der Waals surface area contributed by atoms with Gasteiger partial charge in [-0.25, -0.2) is 4.79 Å². The maximum atomic E-state index is 11.3.